The van der Waals surface area contributed by atoms with Crippen LogP contribution in [0.15, 0.2) is 249 Å². The van der Waals surface area contributed by atoms with Gasteiger partial charge in [0.25, 0.3) is 0 Å². The van der Waals surface area contributed by atoms with Crippen molar-refractivity contribution in [2.75, 3.05) is 9.80 Å². The predicted molar refractivity (Wildman–Crippen MR) is 274 cm³/mol. The number of rotatable bonds is 9. The molecule has 0 bridgehead atoms. The summed E-state index contributed by atoms with van der Waals surface area (Å²) in [5, 5.41) is 5.10. The molecule has 12 aromatic rings. The van der Waals surface area contributed by atoms with Gasteiger partial charge in [-0.2, -0.15) is 0 Å². The second-order valence-corrected chi connectivity index (χ2v) is 17.2. The van der Waals surface area contributed by atoms with E-state index < -0.39 is 0 Å². The fourth-order valence-corrected chi connectivity index (χ4v) is 10.6. The molecule has 0 radical (unpaired) electrons. The molecule has 0 aliphatic heterocycles. The molecule has 0 amide bonds. The third kappa shape index (κ3) is 6.60. The van der Waals surface area contributed by atoms with Gasteiger partial charge in [0.15, 0.2) is 0 Å². The van der Waals surface area contributed by atoms with E-state index in [9.17, 15) is 0 Å². The van der Waals surface area contributed by atoms with Crippen molar-refractivity contribution in [3.05, 3.63) is 249 Å². The van der Waals surface area contributed by atoms with Crippen LogP contribution in [0.2, 0.25) is 0 Å². The van der Waals surface area contributed by atoms with Crippen molar-refractivity contribution in [2.24, 2.45) is 0 Å². The lowest BCUT2D eigenvalue weighted by Crippen LogP contribution is -2.10. The van der Waals surface area contributed by atoms with Gasteiger partial charge in [-0.3, -0.25) is 0 Å². The Morgan fingerprint density at radius 3 is 1.28 bits per heavy atom. The first-order valence-corrected chi connectivity index (χ1v) is 22.6. The largest absolute Gasteiger partial charge is 0.311 e. The van der Waals surface area contributed by atoms with E-state index in [4.69, 9.17) is 0 Å². The highest BCUT2D eigenvalue weighted by Crippen LogP contribution is 2.46. The number of hydrogen-bond acceptors (Lipinski definition) is 3. The molecule has 4 heteroatoms. The first kappa shape index (κ1) is 37.6. The first-order valence-electron chi connectivity index (χ1n) is 21.8. The minimum absolute atomic E-state index is 1.08. The van der Waals surface area contributed by atoms with E-state index in [-0.39, 0.29) is 0 Å². The van der Waals surface area contributed by atoms with Gasteiger partial charge in [-0.25, -0.2) is 0 Å². The number of thiophene rings is 1. The molecule has 12 rings (SSSR count). The van der Waals surface area contributed by atoms with Gasteiger partial charge in [0.2, 0.25) is 0 Å². The number of anilines is 6. The Bertz CT molecular complexity index is 3440. The standard InChI is InChI=1S/C60H41N3S/c1-5-15-42(16-6-1)44-25-29-48(30-26-44)61(49-31-27-45(28-32-49)43-17-7-2-8-18-43)50-33-35-51(36-34-50)63-56-39-37-52(62(46-19-9-3-10-20-46)47-21-11-4-12-22-47)41-55(56)59-57(63)40-38-54-53-23-13-14-24-58(53)64-60(54)59/h1-41H. The van der Waals surface area contributed by atoms with Gasteiger partial charge in [-0.05, 0) is 125 Å². The molecule has 0 N–H and O–H groups in total. The third-order valence-electron chi connectivity index (χ3n) is 12.4. The molecule has 0 aliphatic rings. The summed E-state index contributed by atoms with van der Waals surface area (Å²) in [4.78, 5) is 4.71. The van der Waals surface area contributed by atoms with Crippen molar-refractivity contribution in [1.82, 2.24) is 4.57 Å². The quantitative estimate of drug-likeness (QED) is 0.143. The Balaban J connectivity index is 1.02. The smallest absolute Gasteiger partial charge is 0.0555 e. The van der Waals surface area contributed by atoms with Crippen molar-refractivity contribution in [3.8, 4) is 27.9 Å². The van der Waals surface area contributed by atoms with Gasteiger partial charge < -0.3 is 14.4 Å². The van der Waals surface area contributed by atoms with Crippen LogP contribution in [0.4, 0.5) is 34.1 Å². The lowest BCUT2D eigenvalue weighted by molar-refractivity contribution is 1.17. The lowest BCUT2D eigenvalue weighted by Gasteiger charge is -2.26. The second-order valence-electron chi connectivity index (χ2n) is 16.2. The SMILES string of the molecule is c1ccc(-c2ccc(N(c3ccc(-c4ccccc4)cc3)c3ccc(-n4c5ccc(N(c6ccccc6)c6ccccc6)cc5c5c6sc7ccccc7c6ccc54)cc3)cc2)cc1. The minimum atomic E-state index is 1.08. The number of aromatic nitrogens is 1. The number of fused-ring (bicyclic) bond motifs is 7. The van der Waals surface area contributed by atoms with Crippen LogP contribution in [0.1, 0.15) is 0 Å². The Morgan fingerprint density at radius 2 is 0.719 bits per heavy atom. The second kappa shape index (κ2) is 15.9. The van der Waals surface area contributed by atoms with E-state index in [1.165, 1.54) is 64.2 Å². The molecule has 2 aromatic heterocycles. The number of nitrogens with zero attached hydrogens (tertiary/aromatic N) is 3. The van der Waals surface area contributed by atoms with E-state index in [0.717, 1.165) is 39.8 Å². The molecule has 0 saturated heterocycles. The van der Waals surface area contributed by atoms with Gasteiger partial charge >= 0.3 is 0 Å². The van der Waals surface area contributed by atoms with E-state index in [0.29, 0.717) is 0 Å². The van der Waals surface area contributed by atoms with Crippen molar-refractivity contribution in [2.45, 2.75) is 0 Å². The molecule has 2 heterocycles. The first-order chi connectivity index (χ1) is 31.7. The summed E-state index contributed by atoms with van der Waals surface area (Å²) in [6.07, 6.45) is 0. The highest BCUT2D eigenvalue weighted by molar-refractivity contribution is 7.26. The molecule has 302 valence electrons. The molecule has 3 nitrogen and oxygen atoms in total. The Kier molecular flexibility index (Phi) is 9.36. The maximum atomic E-state index is 2.45. The Hall–Kier alpha value is -8.18. The van der Waals surface area contributed by atoms with Crippen LogP contribution < -0.4 is 9.80 Å². The van der Waals surface area contributed by atoms with E-state index in [2.05, 4.69) is 263 Å². The van der Waals surface area contributed by atoms with Gasteiger partial charge in [0, 0.05) is 70.8 Å². The fraction of sp³-hybridized carbons (Fsp3) is 0. The fourth-order valence-electron chi connectivity index (χ4n) is 9.36. The molecule has 0 aliphatic carbocycles. The zero-order valence-corrected chi connectivity index (χ0v) is 35.7. The normalized spacial score (nSPS) is 11.4. The van der Waals surface area contributed by atoms with Crippen LogP contribution in [-0.4, -0.2) is 4.57 Å². The van der Waals surface area contributed by atoms with Gasteiger partial charge in [-0.1, -0.05) is 146 Å². The van der Waals surface area contributed by atoms with Crippen molar-refractivity contribution in [1.29, 1.82) is 0 Å². The average Bonchev–Trinajstić information content (AvgIpc) is 3.92. The summed E-state index contributed by atoms with van der Waals surface area (Å²) in [6, 6.07) is 89.9. The van der Waals surface area contributed by atoms with Crippen LogP contribution in [-0.2, 0) is 0 Å². The third-order valence-corrected chi connectivity index (χ3v) is 13.6. The molecule has 10 aromatic carbocycles. The zero-order valence-electron chi connectivity index (χ0n) is 34.9. The summed E-state index contributed by atoms with van der Waals surface area (Å²) in [5.41, 5.74) is 14.9. The van der Waals surface area contributed by atoms with Crippen LogP contribution in [0.25, 0.3) is 69.9 Å². The predicted octanol–water partition coefficient (Wildman–Crippen LogP) is 17.4. The van der Waals surface area contributed by atoms with E-state index in [1.54, 1.807) is 0 Å². The van der Waals surface area contributed by atoms with Crippen LogP contribution >= 0.6 is 11.3 Å². The molecule has 0 atom stereocenters. The molecule has 64 heavy (non-hydrogen) atoms. The maximum Gasteiger partial charge on any atom is 0.0555 e. The summed E-state index contributed by atoms with van der Waals surface area (Å²) >= 11 is 1.89. The Labute approximate surface area is 376 Å². The summed E-state index contributed by atoms with van der Waals surface area (Å²) in [5.74, 6) is 0. The highest BCUT2D eigenvalue weighted by Gasteiger charge is 2.21. The van der Waals surface area contributed by atoms with Gasteiger partial charge in [0.1, 0.15) is 0 Å². The van der Waals surface area contributed by atoms with Crippen molar-refractivity contribution < 1.29 is 0 Å². The number of hydrogen-bond donors (Lipinski definition) is 0. The molecule has 0 fully saturated rings. The van der Waals surface area contributed by atoms with Crippen molar-refractivity contribution in [3.63, 3.8) is 0 Å². The van der Waals surface area contributed by atoms with Gasteiger partial charge in [0.05, 0.1) is 11.0 Å². The molecule has 0 saturated carbocycles. The van der Waals surface area contributed by atoms with Crippen molar-refractivity contribution >= 4 is 87.4 Å². The molecule has 0 spiro atoms. The number of para-hydroxylation sites is 2. The molecule has 0 unspecified atom stereocenters. The van der Waals surface area contributed by atoms with Crippen LogP contribution in [0.3, 0.4) is 0 Å². The average molecular weight is 836 g/mol. The zero-order chi connectivity index (χ0) is 42.4. The molecular formula is C60H41N3S. The monoisotopic (exact) mass is 835 g/mol. The van der Waals surface area contributed by atoms with Crippen LogP contribution in [0, 0.1) is 0 Å². The maximum absolute atomic E-state index is 2.45. The number of benzene rings is 10. The highest BCUT2D eigenvalue weighted by atomic mass is 32.1. The molecular weight excluding hydrogens is 795 g/mol. The summed E-state index contributed by atoms with van der Waals surface area (Å²) in [6.45, 7) is 0. The van der Waals surface area contributed by atoms with Crippen LogP contribution in [0.5, 0.6) is 0 Å². The minimum Gasteiger partial charge on any atom is -0.311 e. The lowest BCUT2D eigenvalue weighted by atomic mass is 10.0. The van der Waals surface area contributed by atoms with E-state index in [1.807, 2.05) is 11.3 Å². The summed E-state index contributed by atoms with van der Waals surface area (Å²) < 4.78 is 5.06. The van der Waals surface area contributed by atoms with Gasteiger partial charge in [-0.15, -0.1) is 11.3 Å². The summed E-state index contributed by atoms with van der Waals surface area (Å²) in [7, 11) is 0. The Morgan fingerprint density at radius 1 is 0.297 bits per heavy atom. The topological polar surface area (TPSA) is 11.4 Å². The van der Waals surface area contributed by atoms with E-state index >= 15 is 0 Å².